The Hall–Kier alpha value is -2.58. The van der Waals surface area contributed by atoms with Crippen molar-refractivity contribution in [1.82, 2.24) is 4.98 Å². The van der Waals surface area contributed by atoms with Crippen LogP contribution in [0.15, 0.2) is 36.4 Å². The lowest BCUT2D eigenvalue weighted by molar-refractivity contribution is 0.275. The second-order valence-electron chi connectivity index (χ2n) is 3.69. The average molecular weight is 256 g/mol. The van der Waals surface area contributed by atoms with Gasteiger partial charge in [-0.15, -0.1) is 0 Å². The summed E-state index contributed by atoms with van der Waals surface area (Å²) in [6.45, 7) is -0.307. The Bertz CT molecular complexity index is 620. The van der Waals surface area contributed by atoms with E-state index in [1.807, 2.05) is 6.07 Å². The smallest absolute Gasteiger partial charge is 0.219 e. The first-order valence-electron chi connectivity index (χ1n) is 5.59. The molecule has 0 spiro atoms. The number of hydrogen-bond acceptors (Lipinski definition) is 5. The molecule has 1 aromatic heterocycles. The molecule has 0 radical (unpaired) electrons. The molecule has 5 heteroatoms. The molecule has 0 saturated carbocycles. The van der Waals surface area contributed by atoms with Crippen LogP contribution in [-0.4, -0.2) is 17.2 Å². The molecule has 1 aromatic carbocycles. The van der Waals surface area contributed by atoms with E-state index in [1.54, 1.807) is 43.5 Å². The van der Waals surface area contributed by atoms with Crippen molar-refractivity contribution in [3.63, 3.8) is 0 Å². The van der Waals surface area contributed by atoms with Gasteiger partial charge in [-0.2, -0.15) is 5.26 Å². The molecular formula is C14H12N2O3. The molecule has 0 aliphatic heterocycles. The fourth-order valence-electron chi connectivity index (χ4n) is 1.55. The van der Waals surface area contributed by atoms with Crippen LogP contribution in [0.1, 0.15) is 11.3 Å². The molecule has 5 nitrogen and oxygen atoms in total. The summed E-state index contributed by atoms with van der Waals surface area (Å²) in [5.41, 5.74) is 0.628. The van der Waals surface area contributed by atoms with E-state index < -0.39 is 0 Å². The standard InChI is InChI=1S/C14H12N2O3/c1-18-11-3-2-4-12(7-11)19-14-6-5-10(8-15)13(9-17)16-14/h2-7,17H,9H2,1H3. The second kappa shape index (κ2) is 5.85. The number of methoxy groups -OCH3 is 1. The van der Waals surface area contributed by atoms with Gasteiger partial charge in [-0.1, -0.05) is 6.07 Å². The summed E-state index contributed by atoms with van der Waals surface area (Å²) >= 11 is 0. The van der Waals surface area contributed by atoms with Gasteiger partial charge in [-0.05, 0) is 18.2 Å². The van der Waals surface area contributed by atoms with E-state index in [0.717, 1.165) is 0 Å². The van der Waals surface area contributed by atoms with Crippen LogP contribution in [0.25, 0.3) is 0 Å². The normalized spacial score (nSPS) is 9.74. The lowest BCUT2D eigenvalue weighted by atomic mass is 10.2. The van der Waals surface area contributed by atoms with E-state index in [4.69, 9.17) is 19.8 Å². The largest absolute Gasteiger partial charge is 0.497 e. The predicted molar refractivity (Wildman–Crippen MR) is 67.9 cm³/mol. The van der Waals surface area contributed by atoms with Crippen molar-refractivity contribution < 1.29 is 14.6 Å². The van der Waals surface area contributed by atoms with Crippen LogP contribution in [0.5, 0.6) is 17.4 Å². The minimum atomic E-state index is -0.307. The van der Waals surface area contributed by atoms with Crippen molar-refractivity contribution in [2.45, 2.75) is 6.61 Å². The van der Waals surface area contributed by atoms with Crippen LogP contribution < -0.4 is 9.47 Å². The van der Waals surface area contributed by atoms with E-state index in [0.29, 0.717) is 28.6 Å². The first kappa shape index (κ1) is 12.9. The zero-order chi connectivity index (χ0) is 13.7. The third-order valence-electron chi connectivity index (χ3n) is 2.48. The maximum Gasteiger partial charge on any atom is 0.219 e. The van der Waals surface area contributed by atoms with Crippen LogP contribution in [0.4, 0.5) is 0 Å². The van der Waals surface area contributed by atoms with Crippen LogP contribution in [0, 0.1) is 11.3 Å². The second-order valence-corrected chi connectivity index (χ2v) is 3.69. The number of aromatic nitrogens is 1. The Morgan fingerprint density at radius 1 is 1.26 bits per heavy atom. The quantitative estimate of drug-likeness (QED) is 0.907. The average Bonchev–Trinajstić information content (AvgIpc) is 2.47. The highest BCUT2D eigenvalue weighted by Gasteiger charge is 2.06. The lowest BCUT2D eigenvalue weighted by Gasteiger charge is -2.08. The SMILES string of the molecule is COc1cccc(Oc2ccc(C#N)c(CO)n2)c1. The molecule has 0 fully saturated rings. The topological polar surface area (TPSA) is 75.4 Å². The van der Waals surface area contributed by atoms with E-state index >= 15 is 0 Å². The lowest BCUT2D eigenvalue weighted by Crippen LogP contribution is -1.97. The van der Waals surface area contributed by atoms with Crippen LogP contribution in [0.2, 0.25) is 0 Å². The molecule has 2 aromatic rings. The molecule has 0 aliphatic rings. The molecule has 2 rings (SSSR count). The van der Waals surface area contributed by atoms with Crippen molar-refractivity contribution in [2.75, 3.05) is 7.11 Å². The molecule has 96 valence electrons. The van der Waals surface area contributed by atoms with Gasteiger partial charge in [-0.3, -0.25) is 0 Å². The minimum absolute atomic E-state index is 0.294. The number of aliphatic hydroxyl groups is 1. The summed E-state index contributed by atoms with van der Waals surface area (Å²) in [4.78, 5) is 4.08. The van der Waals surface area contributed by atoms with E-state index in [-0.39, 0.29) is 6.61 Å². The number of pyridine rings is 1. The van der Waals surface area contributed by atoms with Gasteiger partial charge in [0.15, 0.2) is 0 Å². The van der Waals surface area contributed by atoms with Crippen LogP contribution in [-0.2, 0) is 6.61 Å². The maximum atomic E-state index is 9.13. The number of benzene rings is 1. The molecular weight excluding hydrogens is 244 g/mol. The van der Waals surface area contributed by atoms with Gasteiger partial charge in [0.25, 0.3) is 0 Å². The van der Waals surface area contributed by atoms with Crippen molar-refractivity contribution in [1.29, 1.82) is 5.26 Å². The van der Waals surface area contributed by atoms with Crippen LogP contribution >= 0.6 is 0 Å². The molecule has 0 aliphatic carbocycles. The first-order valence-corrected chi connectivity index (χ1v) is 5.59. The monoisotopic (exact) mass is 256 g/mol. The predicted octanol–water partition coefficient (Wildman–Crippen LogP) is 2.25. The summed E-state index contributed by atoms with van der Waals surface area (Å²) in [7, 11) is 1.57. The number of nitriles is 1. The molecule has 1 N–H and O–H groups in total. The van der Waals surface area contributed by atoms with E-state index in [1.165, 1.54) is 0 Å². The Kier molecular flexibility index (Phi) is 3.96. The van der Waals surface area contributed by atoms with Gasteiger partial charge in [0, 0.05) is 12.1 Å². The molecule has 0 unspecified atom stereocenters. The number of aliphatic hydroxyl groups excluding tert-OH is 1. The third kappa shape index (κ3) is 3.00. The highest BCUT2D eigenvalue weighted by molar-refractivity contribution is 5.38. The molecule has 0 atom stereocenters. The number of ether oxygens (including phenoxy) is 2. The van der Waals surface area contributed by atoms with Gasteiger partial charge < -0.3 is 14.6 Å². The molecule has 19 heavy (non-hydrogen) atoms. The highest BCUT2D eigenvalue weighted by Crippen LogP contribution is 2.24. The van der Waals surface area contributed by atoms with Crippen molar-refractivity contribution in [3.8, 4) is 23.4 Å². The van der Waals surface area contributed by atoms with Gasteiger partial charge in [0.2, 0.25) is 5.88 Å². The first-order chi connectivity index (χ1) is 9.26. The van der Waals surface area contributed by atoms with Crippen molar-refractivity contribution >= 4 is 0 Å². The molecule has 0 bridgehead atoms. The maximum absolute atomic E-state index is 9.13. The fourth-order valence-corrected chi connectivity index (χ4v) is 1.55. The zero-order valence-electron chi connectivity index (χ0n) is 10.3. The Morgan fingerprint density at radius 2 is 2.05 bits per heavy atom. The summed E-state index contributed by atoms with van der Waals surface area (Å²) in [6, 6.07) is 12.2. The molecule has 0 saturated heterocycles. The van der Waals surface area contributed by atoms with E-state index in [2.05, 4.69) is 4.98 Å². The van der Waals surface area contributed by atoms with Crippen molar-refractivity contribution in [2.24, 2.45) is 0 Å². The van der Waals surface area contributed by atoms with Gasteiger partial charge in [-0.25, -0.2) is 4.98 Å². The Morgan fingerprint density at radius 3 is 2.74 bits per heavy atom. The summed E-state index contributed by atoms with van der Waals surface area (Å²) in [5.74, 6) is 1.56. The number of nitrogens with zero attached hydrogens (tertiary/aromatic N) is 2. The van der Waals surface area contributed by atoms with Gasteiger partial charge in [0.05, 0.1) is 25.0 Å². The Balaban J connectivity index is 2.26. The summed E-state index contributed by atoms with van der Waals surface area (Å²) in [5, 5.41) is 18.0. The van der Waals surface area contributed by atoms with Crippen LogP contribution in [0.3, 0.4) is 0 Å². The van der Waals surface area contributed by atoms with Gasteiger partial charge in [0.1, 0.15) is 17.6 Å². The fraction of sp³-hybridized carbons (Fsp3) is 0.143. The Labute approximate surface area is 110 Å². The van der Waals surface area contributed by atoms with E-state index in [9.17, 15) is 0 Å². The summed E-state index contributed by atoms with van der Waals surface area (Å²) < 4.78 is 10.6. The number of rotatable bonds is 4. The third-order valence-corrected chi connectivity index (χ3v) is 2.48. The molecule has 1 heterocycles. The minimum Gasteiger partial charge on any atom is -0.497 e. The van der Waals surface area contributed by atoms with Crippen molar-refractivity contribution in [3.05, 3.63) is 47.7 Å². The molecule has 0 amide bonds. The number of hydrogen-bond donors (Lipinski definition) is 1. The zero-order valence-corrected chi connectivity index (χ0v) is 10.3. The summed E-state index contributed by atoms with van der Waals surface area (Å²) in [6.07, 6.45) is 0. The van der Waals surface area contributed by atoms with Gasteiger partial charge >= 0.3 is 0 Å². The highest BCUT2D eigenvalue weighted by atomic mass is 16.5.